The number of benzene rings is 2. The molecule has 1 saturated heterocycles. The Labute approximate surface area is 183 Å². The average Bonchev–Trinajstić information content (AvgIpc) is 3.14. The molecule has 0 bridgehead atoms. The maximum absolute atomic E-state index is 14.1. The van der Waals surface area contributed by atoms with Gasteiger partial charge in [0, 0.05) is 6.54 Å². The monoisotopic (exact) mass is 453 g/mol. The van der Waals surface area contributed by atoms with Crippen molar-refractivity contribution in [3.8, 4) is 11.5 Å². The Balaban J connectivity index is 2.13. The molecule has 2 aromatic rings. The van der Waals surface area contributed by atoms with Gasteiger partial charge in [0.2, 0.25) is 0 Å². The first-order valence-corrected chi connectivity index (χ1v) is 9.87. The summed E-state index contributed by atoms with van der Waals surface area (Å²) in [6, 6.07) is 5.58. The van der Waals surface area contributed by atoms with E-state index in [1.807, 2.05) is 0 Å². The first-order valence-electron chi connectivity index (χ1n) is 9.87. The fraction of sp³-hybridized carbons (Fsp3) is 0.348. The lowest BCUT2D eigenvalue weighted by Gasteiger charge is -2.19. The van der Waals surface area contributed by atoms with Crippen LogP contribution in [0.4, 0.5) is 22.4 Å². The van der Waals surface area contributed by atoms with E-state index in [1.165, 1.54) is 19.1 Å². The van der Waals surface area contributed by atoms with E-state index in [4.69, 9.17) is 14.2 Å². The number of alkyl halides is 3. The maximum Gasteiger partial charge on any atom is 0.417 e. The molecule has 0 N–H and O–H groups in total. The van der Waals surface area contributed by atoms with E-state index < -0.39 is 23.7 Å². The van der Waals surface area contributed by atoms with Crippen LogP contribution in [0.5, 0.6) is 11.5 Å². The highest BCUT2D eigenvalue weighted by Crippen LogP contribution is 2.41. The molecule has 0 aliphatic carbocycles. The molecule has 0 saturated carbocycles. The number of aryl methyl sites for hydroxylation is 1. The number of rotatable bonds is 7. The van der Waals surface area contributed by atoms with Crippen LogP contribution < -0.4 is 9.47 Å². The second-order valence-corrected chi connectivity index (χ2v) is 7.22. The number of hydrogen-bond acceptors (Lipinski definition) is 4. The third kappa shape index (κ3) is 4.98. The number of cyclic esters (lactones) is 1. The lowest BCUT2D eigenvalue weighted by Crippen LogP contribution is -2.24. The number of carbonyl (C=O) groups is 1. The Kier molecular flexibility index (Phi) is 6.96. The van der Waals surface area contributed by atoms with E-state index in [9.17, 15) is 22.4 Å². The number of amides is 1. The van der Waals surface area contributed by atoms with Gasteiger partial charge in [-0.05, 0) is 65.9 Å². The van der Waals surface area contributed by atoms with Gasteiger partial charge in [0.1, 0.15) is 12.4 Å². The Morgan fingerprint density at radius 3 is 2.53 bits per heavy atom. The molecule has 0 atom stereocenters. The summed E-state index contributed by atoms with van der Waals surface area (Å²) in [5.41, 5.74) is -0.0409. The SMILES string of the molecule is COc1cc(/C(=C\CCN2CCOC2=O)c2cc(F)ccc2C(F)(F)F)cc(C)c1OC. The summed E-state index contributed by atoms with van der Waals surface area (Å²) in [5.74, 6) is -0.00796. The highest BCUT2D eigenvalue weighted by molar-refractivity contribution is 5.83. The van der Waals surface area contributed by atoms with Crippen LogP contribution in [0.15, 0.2) is 36.4 Å². The molecule has 0 radical (unpaired) electrons. The van der Waals surface area contributed by atoms with E-state index in [0.29, 0.717) is 29.2 Å². The van der Waals surface area contributed by atoms with Crippen molar-refractivity contribution in [1.29, 1.82) is 0 Å². The van der Waals surface area contributed by atoms with Crippen molar-refractivity contribution in [2.75, 3.05) is 33.9 Å². The number of ether oxygens (including phenoxy) is 3. The second-order valence-electron chi connectivity index (χ2n) is 7.22. The minimum Gasteiger partial charge on any atom is -0.493 e. The Bertz CT molecular complexity index is 1030. The predicted octanol–water partition coefficient (Wildman–Crippen LogP) is 5.44. The average molecular weight is 453 g/mol. The molecule has 1 aliphatic heterocycles. The molecule has 0 aromatic heterocycles. The molecule has 5 nitrogen and oxygen atoms in total. The predicted molar refractivity (Wildman–Crippen MR) is 110 cm³/mol. The number of nitrogens with zero attached hydrogens (tertiary/aromatic N) is 1. The summed E-state index contributed by atoms with van der Waals surface area (Å²) in [6.45, 7) is 2.67. The summed E-state index contributed by atoms with van der Waals surface area (Å²) in [7, 11) is 2.89. The number of hydrogen-bond donors (Lipinski definition) is 0. The summed E-state index contributed by atoms with van der Waals surface area (Å²) < 4.78 is 70.9. The van der Waals surface area contributed by atoms with Crippen molar-refractivity contribution in [2.45, 2.75) is 19.5 Å². The number of carbonyl (C=O) groups excluding carboxylic acids is 1. The summed E-state index contributed by atoms with van der Waals surface area (Å²) in [4.78, 5) is 13.1. The molecule has 0 unspecified atom stereocenters. The van der Waals surface area contributed by atoms with Crippen LogP contribution in [0.3, 0.4) is 0 Å². The molecule has 32 heavy (non-hydrogen) atoms. The van der Waals surface area contributed by atoms with Crippen molar-refractivity contribution in [2.24, 2.45) is 0 Å². The van der Waals surface area contributed by atoms with Crippen LogP contribution in [0.25, 0.3) is 5.57 Å². The van der Waals surface area contributed by atoms with Crippen LogP contribution in [-0.4, -0.2) is 44.9 Å². The fourth-order valence-electron chi connectivity index (χ4n) is 3.67. The lowest BCUT2D eigenvalue weighted by atomic mass is 9.91. The minimum absolute atomic E-state index is 0.174. The molecule has 3 rings (SSSR count). The quantitative estimate of drug-likeness (QED) is 0.524. The summed E-state index contributed by atoms with van der Waals surface area (Å²) in [5, 5.41) is 0. The van der Waals surface area contributed by atoms with Gasteiger partial charge < -0.3 is 19.1 Å². The molecule has 172 valence electrons. The Morgan fingerprint density at radius 1 is 1.19 bits per heavy atom. The molecular weight excluding hydrogens is 430 g/mol. The Hall–Kier alpha value is -3.23. The van der Waals surface area contributed by atoms with Gasteiger partial charge in [-0.1, -0.05) is 6.08 Å². The molecule has 0 spiro atoms. The summed E-state index contributed by atoms with van der Waals surface area (Å²) in [6.07, 6.45) is -3.35. The van der Waals surface area contributed by atoms with Crippen LogP contribution in [0.2, 0.25) is 0 Å². The zero-order chi connectivity index (χ0) is 23.5. The van der Waals surface area contributed by atoms with Gasteiger partial charge in [0.15, 0.2) is 11.5 Å². The van der Waals surface area contributed by atoms with Crippen molar-refractivity contribution in [1.82, 2.24) is 4.90 Å². The third-order valence-corrected chi connectivity index (χ3v) is 5.15. The van der Waals surface area contributed by atoms with Gasteiger partial charge in [0.25, 0.3) is 0 Å². The number of methoxy groups -OCH3 is 2. The summed E-state index contributed by atoms with van der Waals surface area (Å²) >= 11 is 0. The fourth-order valence-corrected chi connectivity index (χ4v) is 3.67. The first kappa shape index (κ1) is 23.4. The van der Waals surface area contributed by atoms with E-state index in [0.717, 1.165) is 18.2 Å². The van der Waals surface area contributed by atoms with Crippen molar-refractivity contribution < 1.29 is 36.6 Å². The minimum atomic E-state index is -4.69. The third-order valence-electron chi connectivity index (χ3n) is 5.15. The molecule has 2 aromatic carbocycles. The van der Waals surface area contributed by atoms with Crippen molar-refractivity contribution in [3.63, 3.8) is 0 Å². The highest BCUT2D eigenvalue weighted by Gasteiger charge is 2.34. The van der Waals surface area contributed by atoms with E-state index in [1.54, 1.807) is 25.1 Å². The zero-order valence-electron chi connectivity index (χ0n) is 17.9. The first-order chi connectivity index (χ1) is 15.2. The van der Waals surface area contributed by atoms with Crippen LogP contribution in [0.1, 0.15) is 28.7 Å². The molecule has 1 aliphatic rings. The topological polar surface area (TPSA) is 48.0 Å². The normalized spacial score (nSPS) is 14.5. The molecule has 9 heteroatoms. The van der Waals surface area contributed by atoms with E-state index >= 15 is 0 Å². The smallest absolute Gasteiger partial charge is 0.417 e. The van der Waals surface area contributed by atoms with Crippen LogP contribution in [0, 0.1) is 12.7 Å². The van der Waals surface area contributed by atoms with E-state index in [-0.39, 0.29) is 30.7 Å². The van der Waals surface area contributed by atoms with Gasteiger partial charge in [-0.15, -0.1) is 0 Å². The van der Waals surface area contributed by atoms with E-state index in [2.05, 4.69) is 0 Å². The van der Waals surface area contributed by atoms with Crippen molar-refractivity contribution in [3.05, 3.63) is 64.5 Å². The molecule has 1 heterocycles. The molecule has 1 amide bonds. The zero-order valence-corrected chi connectivity index (χ0v) is 17.9. The standard InChI is InChI=1S/C23H23F4NO4/c1-14-11-15(12-20(30-2)21(14)31-3)17(5-4-8-28-9-10-32-22(28)29)18-13-16(24)6-7-19(18)23(25,26)27/h5-7,11-13H,4,8-10H2,1-3H3/b17-5+. The molecule has 1 fully saturated rings. The largest absolute Gasteiger partial charge is 0.493 e. The lowest BCUT2D eigenvalue weighted by molar-refractivity contribution is -0.137. The number of halogens is 4. The maximum atomic E-state index is 14.1. The van der Waals surface area contributed by atoms with Gasteiger partial charge >= 0.3 is 12.3 Å². The molecular formula is C23H23F4NO4. The van der Waals surface area contributed by atoms with Gasteiger partial charge in [-0.2, -0.15) is 13.2 Å². The van der Waals surface area contributed by atoms with Crippen LogP contribution in [-0.2, 0) is 10.9 Å². The van der Waals surface area contributed by atoms with Gasteiger partial charge in [0.05, 0.1) is 26.3 Å². The highest BCUT2D eigenvalue weighted by atomic mass is 19.4. The van der Waals surface area contributed by atoms with Gasteiger partial charge in [-0.3, -0.25) is 0 Å². The Morgan fingerprint density at radius 2 is 1.94 bits per heavy atom. The van der Waals surface area contributed by atoms with Gasteiger partial charge in [-0.25, -0.2) is 9.18 Å². The van der Waals surface area contributed by atoms with Crippen LogP contribution >= 0.6 is 0 Å². The van der Waals surface area contributed by atoms with Crippen molar-refractivity contribution >= 4 is 11.7 Å². The second kappa shape index (κ2) is 9.50.